The Kier molecular flexibility index (Phi) is 5.41. The molecule has 5 nitrogen and oxygen atoms in total. The lowest BCUT2D eigenvalue weighted by molar-refractivity contribution is 0.197. The summed E-state index contributed by atoms with van der Waals surface area (Å²) in [5.74, 6) is 3.15. The minimum Gasteiger partial charge on any atom is -0.493 e. The second-order valence-electron chi connectivity index (χ2n) is 7.68. The van der Waals surface area contributed by atoms with Crippen LogP contribution >= 0.6 is 0 Å². The summed E-state index contributed by atoms with van der Waals surface area (Å²) in [5.41, 5.74) is 6.73. The molecule has 2 aliphatic rings. The Balaban J connectivity index is 1.69. The zero-order chi connectivity index (χ0) is 20.5. The average Bonchev–Trinajstić information content (AvgIpc) is 2.77. The number of hydrogen-bond donors (Lipinski definition) is 0. The van der Waals surface area contributed by atoms with Gasteiger partial charge < -0.3 is 18.9 Å². The van der Waals surface area contributed by atoms with Gasteiger partial charge in [0, 0.05) is 19.1 Å². The van der Waals surface area contributed by atoms with Crippen molar-refractivity contribution >= 4 is 5.57 Å². The second kappa shape index (κ2) is 7.99. The summed E-state index contributed by atoms with van der Waals surface area (Å²) < 4.78 is 22.0. The molecule has 0 bridgehead atoms. The van der Waals surface area contributed by atoms with Gasteiger partial charge in [-0.1, -0.05) is 11.6 Å². The van der Waals surface area contributed by atoms with E-state index in [1.165, 1.54) is 27.8 Å². The Hall–Kier alpha value is -2.66. The van der Waals surface area contributed by atoms with E-state index in [1.54, 1.807) is 28.4 Å². The van der Waals surface area contributed by atoms with E-state index in [0.29, 0.717) is 6.04 Å². The summed E-state index contributed by atoms with van der Waals surface area (Å²) >= 11 is 0. The first kappa shape index (κ1) is 19.6. The Bertz CT molecular complexity index is 950. The van der Waals surface area contributed by atoms with Crippen LogP contribution in [0.2, 0.25) is 0 Å². The molecule has 29 heavy (non-hydrogen) atoms. The van der Waals surface area contributed by atoms with E-state index in [9.17, 15) is 0 Å². The van der Waals surface area contributed by atoms with Gasteiger partial charge in [0.05, 0.1) is 28.4 Å². The van der Waals surface area contributed by atoms with Crippen LogP contribution in [-0.4, -0.2) is 46.4 Å². The number of nitrogens with zero attached hydrogens (tertiary/aromatic N) is 1. The monoisotopic (exact) mass is 395 g/mol. The molecule has 0 aromatic heterocycles. The van der Waals surface area contributed by atoms with Crippen LogP contribution in [0.1, 0.15) is 36.1 Å². The fraction of sp³-hybridized carbons (Fsp3) is 0.417. The molecule has 0 saturated carbocycles. The predicted molar refractivity (Wildman–Crippen MR) is 114 cm³/mol. The summed E-state index contributed by atoms with van der Waals surface area (Å²) in [6.45, 7) is 4.22. The third-order valence-electron chi connectivity index (χ3n) is 6.22. The fourth-order valence-electron chi connectivity index (χ4n) is 4.62. The molecular formula is C24H29NO4. The van der Waals surface area contributed by atoms with Crippen molar-refractivity contribution in [3.05, 3.63) is 52.6 Å². The van der Waals surface area contributed by atoms with Crippen molar-refractivity contribution in [2.75, 3.05) is 41.5 Å². The van der Waals surface area contributed by atoms with Crippen LogP contribution in [0.3, 0.4) is 0 Å². The minimum atomic E-state index is 0.377. The highest BCUT2D eigenvalue weighted by Crippen LogP contribution is 2.45. The van der Waals surface area contributed by atoms with Gasteiger partial charge in [-0.2, -0.15) is 0 Å². The maximum absolute atomic E-state index is 5.57. The van der Waals surface area contributed by atoms with Crippen LogP contribution in [0.5, 0.6) is 23.0 Å². The summed E-state index contributed by atoms with van der Waals surface area (Å²) in [4.78, 5) is 2.58. The van der Waals surface area contributed by atoms with Gasteiger partial charge in [-0.05, 0) is 66.3 Å². The number of benzene rings is 2. The number of fused-ring (bicyclic) bond motifs is 3. The molecule has 0 fully saturated rings. The van der Waals surface area contributed by atoms with Crippen molar-refractivity contribution in [3.8, 4) is 23.0 Å². The molecule has 0 unspecified atom stereocenters. The smallest absolute Gasteiger partial charge is 0.161 e. The lowest BCUT2D eigenvalue weighted by Crippen LogP contribution is -2.39. The lowest BCUT2D eigenvalue weighted by Gasteiger charge is -2.42. The molecule has 1 atom stereocenters. The first-order valence-corrected chi connectivity index (χ1v) is 9.99. The second-order valence-corrected chi connectivity index (χ2v) is 7.68. The molecule has 0 amide bonds. The summed E-state index contributed by atoms with van der Waals surface area (Å²) in [6.07, 6.45) is 2.02. The molecule has 0 N–H and O–H groups in total. The van der Waals surface area contributed by atoms with Crippen molar-refractivity contribution in [1.82, 2.24) is 4.90 Å². The Morgan fingerprint density at radius 2 is 1.48 bits per heavy atom. The quantitative estimate of drug-likeness (QED) is 0.746. The molecule has 0 saturated heterocycles. The molecule has 4 rings (SSSR count). The van der Waals surface area contributed by atoms with Gasteiger partial charge in [-0.25, -0.2) is 0 Å². The lowest BCUT2D eigenvalue weighted by atomic mass is 9.82. The first-order chi connectivity index (χ1) is 14.1. The van der Waals surface area contributed by atoms with Crippen LogP contribution in [0.4, 0.5) is 0 Å². The van der Waals surface area contributed by atoms with Crippen LogP contribution in [-0.2, 0) is 6.42 Å². The average molecular weight is 395 g/mol. The fourth-order valence-corrected chi connectivity index (χ4v) is 4.62. The first-order valence-electron chi connectivity index (χ1n) is 9.99. The highest BCUT2D eigenvalue weighted by atomic mass is 16.5. The molecule has 2 aromatic carbocycles. The number of rotatable bonds is 5. The molecule has 0 spiro atoms. The van der Waals surface area contributed by atoms with E-state index in [-0.39, 0.29) is 0 Å². The van der Waals surface area contributed by atoms with E-state index in [0.717, 1.165) is 48.9 Å². The normalized spacial score (nSPS) is 18.7. The standard InChI is InChI=1S/C24H29NO4/c1-15-10-20-18-13-24(29-5)23(28-4)12-17(18)8-9-25(20)14-19(15)16-6-7-21(26-2)22(11-16)27-3/h6-7,11-13,20H,8-10,14H2,1-5H3/t20-/m1/s1. The Morgan fingerprint density at radius 1 is 0.828 bits per heavy atom. The minimum absolute atomic E-state index is 0.377. The van der Waals surface area contributed by atoms with E-state index < -0.39 is 0 Å². The topological polar surface area (TPSA) is 40.2 Å². The van der Waals surface area contributed by atoms with Crippen LogP contribution in [0.25, 0.3) is 5.57 Å². The van der Waals surface area contributed by atoms with E-state index in [1.807, 2.05) is 6.07 Å². The van der Waals surface area contributed by atoms with Crippen molar-refractivity contribution < 1.29 is 18.9 Å². The van der Waals surface area contributed by atoms with Crippen LogP contribution < -0.4 is 18.9 Å². The van der Waals surface area contributed by atoms with E-state index in [2.05, 4.69) is 36.1 Å². The number of hydrogen-bond acceptors (Lipinski definition) is 5. The van der Waals surface area contributed by atoms with Gasteiger partial charge >= 0.3 is 0 Å². The zero-order valence-corrected chi connectivity index (χ0v) is 17.9. The molecular weight excluding hydrogens is 366 g/mol. The van der Waals surface area contributed by atoms with Crippen molar-refractivity contribution in [1.29, 1.82) is 0 Å². The van der Waals surface area contributed by atoms with Crippen LogP contribution in [0, 0.1) is 0 Å². The van der Waals surface area contributed by atoms with E-state index >= 15 is 0 Å². The number of ether oxygens (including phenoxy) is 4. The molecule has 0 radical (unpaired) electrons. The summed E-state index contributed by atoms with van der Waals surface area (Å²) in [5, 5.41) is 0. The van der Waals surface area contributed by atoms with Crippen molar-refractivity contribution in [3.63, 3.8) is 0 Å². The van der Waals surface area contributed by atoms with Crippen molar-refractivity contribution in [2.45, 2.75) is 25.8 Å². The Morgan fingerprint density at radius 3 is 2.17 bits per heavy atom. The SMILES string of the molecule is COc1ccc(C2=C(C)C[C@@H]3c4cc(OC)c(OC)cc4CCN3C2)cc1OC. The molecule has 2 aromatic rings. The highest BCUT2D eigenvalue weighted by molar-refractivity contribution is 5.73. The maximum Gasteiger partial charge on any atom is 0.161 e. The third-order valence-corrected chi connectivity index (χ3v) is 6.22. The summed E-state index contributed by atoms with van der Waals surface area (Å²) in [6, 6.07) is 10.9. The molecule has 2 aliphatic heterocycles. The van der Waals surface area contributed by atoms with Gasteiger partial charge in [0.15, 0.2) is 23.0 Å². The van der Waals surface area contributed by atoms with Gasteiger partial charge in [0.1, 0.15) is 0 Å². The zero-order valence-electron chi connectivity index (χ0n) is 17.9. The molecule has 154 valence electrons. The predicted octanol–water partition coefficient (Wildman–Crippen LogP) is 4.50. The van der Waals surface area contributed by atoms with Gasteiger partial charge in [-0.3, -0.25) is 4.90 Å². The van der Waals surface area contributed by atoms with Gasteiger partial charge in [0.2, 0.25) is 0 Å². The van der Waals surface area contributed by atoms with Crippen LogP contribution in [0.15, 0.2) is 35.9 Å². The molecule has 2 heterocycles. The van der Waals surface area contributed by atoms with Gasteiger partial charge in [-0.15, -0.1) is 0 Å². The van der Waals surface area contributed by atoms with E-state index in [4.69, 9.17) is 18.9 Å². The summed E-state index contributed by atoms with van der Waals surface area (Å²) in [7, 11) is 6.75. The maximum atomic E-state index is 5.57. The largest absolute Gasteiger partial charge is 0.493 e. The Labute approximate surface area is 172 Å². The van der Waals surface area contributed by atoms with Gasteiger partial charge in [0.25, 0.3) is 0 Å². The third kappa shape index (κ3) is 3.44. The number of methoxy groups -OCH3 is 4. The molecule has 0 aliphatic carbocycles. The van der Waals surface area contributed by atoms with Crippen molar-refractivity contribution in [2.24, 2.45) is 0 Å². The highest BCUT2D eigenvalue weighted by Gasteiger charge is 2.33. The molecule has 5 heteroatoms.